The van der Waals surface area contributed by atoms with Crippen LogP contribution in [0, 0.1) is 11.8 Å². The van der Waals surface area contributed by atoms with Crippen molar-refractivity contribution in [1.82, 2.24) is 0 Å². The summed E-state index contributed by atoms with van der Waals surface area (Å²) in [5, 5.41) is 0. The normalized spacial score (nSPS) is 31.0. The fourth-order valence-corrected chi connectivity index (χ4v) is 2.38. The number of nitrogens with two attached hydrogens (primary N) is 1. The van der Waals surface area contributed by atoms with Crippen LogP contribution < -0.4 is 5.73 Å². The lowest BCUT2D eigenvalue weighted by molar-refractivity contribution is 0.0666. The van der Waals surface area contributed by atoms with E-state index in [9.17, 15) is 0 Å². The Morgan fingerprint density at radius 3 is 2.60 bits per heavy atom. The van der Waals surface area contributed by atoms with Crippen LogP contribution in [0.1, 0.15) is 32.6 Å². The van der Waals surface area contributed by atoms with Crippen LogP contribution in [-0.2, 0) is 9.47 Å². The fourth-order valence-electron chi connectivity index (χ4n) is 2.38. The summed E-state index contributed by atoms with van der Waals surface area (Å²) < 4.78 is 10.4. The summed E-state index contributed by atoms with van der Waals surface area (Å²) in [6, 6.07) is 0.435. The third-order valence-electron chi connectivity index (χ3n) is 3.59. The minimum atomic E-state index is 0.435. The van der Waals surface area contributed by atoms with Crippen LogP contribution in [0.25, 0.3) is 0 Å². The second-order valence-electron chi connectivity index (χ2n) is 4.61. The highest BCUT2D eigenvalue weighted by atomic mass is 16.5. The molecule has 1 fully saturated rings. The van der Waals surface area contributed by atoms with Crippen molar-refractivity contribution in [3.05, 3.63) is 0 Å². The number of methoxy groups -OCH3 is 1. The molecule has 0 aliphatic heterocycles. The highest BCUT2D eigenvalue weighted by Crippen LogP contribution is 2.33. The van der Waals surface area contributed by atoms with Crippen molar-refractivity contribution in [2.75, 3.05) is 26.9 Å². The molecule has 0 heterocycles. The molecule has 15 heavy (non-hydrogen) atoms. The Hall–Kier alpha value is -0.120. The average molecular weight is 215 g/mol. The van der Waals surface area contributed by atoms with Crippen LogP contribution in [0.5, 0.6) is 0 Å². The third-order valence-corrected chi connectivity index (χ3v) is 3.59. The molecule has 90 valence electrons. The second-order valence-corrected chi connectivity index (χ2v) is 4.61. The first-order valence-corrected chi connectivity index (χ1v) is 6.08. The van der Waals surface area contributed by atoms with Gasteiger partial charge in [0.1, 0.15) is 0 Å². The Morgan fingerprint density at radius 1 is 1.20 bits per heavy atom. The van der Waals surface area contributed by atoms with Gasteiger partial charge in [-0.15, -0.1) is 0 Å². The van der Waals surface area contributed by atoms with Crippen LogP contribution in [0.15, 0.2) is 0 Å². The summed E-state index contributed by atoms with van der Waals surface area (Å²) in [6.07, 6.45) is 4.93. The van der Waals surface area contributed by atoms with Gasteiger partial charge in [0.25, 0.3) is 0 Å². The van der Waals surface area contributed by atoms with E-state index >= 15 is 0 Å². The molecule has 0 aromatic rings. The highest BCUT2D eigenvalue weighted by molar-refractivity contribution is 4.84. The molecule has 1 aliphatic rings. The Labute approximate surface area is 93.3 Å². The van der Waals surface area contributed by atoms with Crippen LogP contribution in [0.2, 0.25) is 0 Å². The van der Waals surface area contributed by atoms with Crippen LogP contribution in [-0.4, -0.2) is 33.0 Å². The monoisotopic (exact) mass is 215 g/mol. The zero-order valence-electron chi connectivity index (χ0n) is 10.1. The molecule has 0 amide bonds. The lowest BCUT2D eigenvalue weighted by Gasteiger charge is -2.17. The standard InChI is InChI=1S/C12H25NO2/c1-10-11(5-6-12(10)13)4-3-7-15-9-8-14-2/h10-12H,3-9,13H2,1-2H3. The van der Waals surface area contributed by atoms with Gasteiger partial charge >= 0.3 is 0 Å². The Bertz CT molecular complexity index is 164. The van der Waals surface area contributed by atoms with E-state index in [-0.39, 0.29) is 0 Å². The smallest absolute Gasteiger partial charge is 0.0700 e. The summed E-state index contributed by atoms with van der Waals surface area (Å²) in [5.74, 6) is 1.52. The van der Waals surface area contributed by atoms with E-state index < -0.39 is 0 Å². The summed E-state index contributed by atoms with van der Waals surface area (Å²) in [6.45, 7) is 4.57. The number of hydrogen-bond donors (Lipinski definition) is 1. The molecule has 0 bridgehead atoms. The largest absolute Gasteiger partial charge is 0.382 e. The fraction of sp³-hybridized carbons (Fsp3) is 1.00. The Kier molecular flexibility index (Phi) is 6.22. The van der Waals surface area contributed by atoms with Crippen molar-refractivity contribution in [2.24, 2.45) is 17.6 Å². The summed E-state index contributed by atoms with van der Waals surface area (Å²) >= 11 is 0. The predicted octanol–water partition coefficient (Wildman–Crippen LogP) is 1.80. The Morgan fingerprint density at radius 2 is 2.00 bits per heavy atom. The number of hydrogen-bond acceptors (Lipinski definition) is 3. The Balaban J connectivity index is 1.96. The van der Waals surface area contributed by atoms with Gasteiger partial charge in [0.2, 0.25) is 0 Å². The molecule has 3 atom stereocenters. The van der Waals surface area contributed by atoms with E-state index in [1.807, 2.05) is 0 Å². The molecule has 0 spiro atoms. The van der Waals surface area contributed by atoms with Crippen LogP contribution in [0.3, 0.4) is 0 Å². The van der Waals surface area contributed by atoms with E-state index in [1.165, 1.54) is 19.3 Å². The molecule has 1 aliphatic carbocycles. The molecule has 0 radical (unpaired) electrons. The molecule has 2 N–H and O–H groups in total. The predicted molar refractivity (Wildman–Crippen MR) is 61.8 cm³/mol. The maximum absolute atomic E-state index is 5.99. The van der Waals surface area contributed by atoms with E-state index in [0.29, 0.717) is 18.6 Å². The maximum Gasteiger partial charge on any atom is 0.0700 e. The SMILES string of the molecule is COCCOCCCC1CCC(N)C1C. The first-order valence-electron chi connectivity index (χ1n) is 6.08. The molecule has 3 heteroatoms. The lowest BCUT2D eigenvalue weighted by Crippen LogP contribution is -2.25. The summed E-state index contributed by atoms with van der Waals surface area (Å²) in [4.78, 5) is 0. The van der Waals surface area contributed by atoms with Gasteiger partial charge in [-0.25, -0.2) is 0 Å². The molecule has 0 saturated heterocycles. The molecule has 0 aromatic heterocycles. The van der Waals surface area contributed by atoms with Crippen LogP contribution in [0.4, 0.5) is 0 Å². The molecule has 0 aromatic carbocycles. The van der Waals surface area contributed by atoms with Gasteiger partial charge in [0.05, 0.1) is 13.2 Å². The van der Waals surface area contributed by atoms with Crippen molar-refractivity contribution in [1.29, 1.82) is 0 Å². The number of rotatable bonds is 7. The molecule has 1 saturated carbocycles. The van der Waals surface area contributed by atoms with Gasteiger partial charge in [-0.05, 0) is 37.5 Å². The van der Waals surface area contributed by atoms with Crippen molar-refractivity contribution in [2.45, 2.75) is 38.6 Å². The quantitative estimate of drug-likeness (QED) is 0.659. The minimum absolute atomic E-state index is 0.435. The van der Waals surface area contributed by atoms with Crippen molar-refractivity contribution < 1.29 is 9.47 Å². The number of ether oxygens (including phenoxy) is 2. The topological polar surface area (TPSA) is 44.5 Å². The first-order chi connectivity index (χ1) is 7.25. The molecular weight excluding hydrogens is 190 g/mol. The van der Waals surface area contributed by atoms with E-state index in [4.69, 9.17) is 15.2 Å². The van der Waals surface area contributed by atoms with Gasteiger partial charge in [-0.2, -0.15) is 0 Å². The average Bonchev–Trinajstić information content (AvgIpc) is 2.54. The zero-order chi connectivity index (χ0) is 11.1. The van der Waals surface area contributed by atoms with E-state index in [0.717, 1.165) is 25.6 Å². The molecule has 1 rings (SSSR count). The second kappa shape index (κ2) is 7.20. The van der Waals surface area contributed by atoms with E-state index in [1.54, 1.807) is 7.11 Å². The molecular formula is C12H25NO2. The van der Waals surface area contributed by atoms with Gasteiger partial charge in [-0.1, -0.05) is 6.92 Å². The zero-order valence-corrected chi connectivity index (χ0v) is 10.1. The van der Waals surface area contributed by atoms with Crippen molar-refractivity contribution >= 4 is 0 Å². The van der Waals surface area contributed by atoms with Gasteiger partial charge < -0.3 is 15.2 Å². The van der Waals surface area contributed by atoms with Gasteiger partial charge in [0, 0.05) is 19.8 Å². The minimum Gasteiger partial charge on any atom is -0.382 e. The van der Waals surface area contributed by atoms with E-state index in [2.05, 4.69) is 6.92 Å². The first kappa shape index (κ1) is 12.9. The lowest BCUT2D eigenvalue weighted by atomic mass is 9.92. The van der Waals surface area contributed by atoms with Gasteiger partial charge in [-0.3, -0.25) is 0 Å². The summed E-state index contributed by atoms with van der Waals surface area (Å²) in [7, 11) is 1.70. The van der Waals surface area contributed by atoms with Gasteiger partial charge in [0.15, 0.2) is 0 Å². The van der Waals surface area contributed by atoms with Crippen molar-refractivity contribution in [3.8, 4) is 0 Å². The summed E-state index contributed by atoms with van der Waals surface area (Å²) in [5.41, 5.74) is 5.99. The third kappa shape index (κ3) is 4.49. The highest BCUT2D eigenvalue weighted by Gasteiger charge is 2.29. The van der Waals surface area contributed by atoms with Crippen LogP contribution >= 0.6 is 0 Å². The maximum atomic E-state index is 5.99. The molecule has 3 unspecified atom stereocenters. The molecule has 3 nitrogen and oxygen atoms in total. The van der Waals surface area contributed by atoms with Crippen molar-refractivity contribution in [3.63, 3.8) is 0 Å².